The number of rotatable bonds is 7. The molecule has 2 aliphatic heterocycles. The van der Waals surface area contributed by atoms with Crippen molar-refractivity contribution >= 4 is 12.2 Å². The van der Waals surface area contributed by atoms with Gasteiger partial charge in [-0.15, -0.1) is 0 Å². The van der Waals surface area contributed by atoms with Gasteiger partial charge in [0.05, 0.1) is 13.2 Å². The van der Waals surface area contributed by atoms with E-state index in [4.69, 9.17) is 9.47 Å². The first-order valence-electron chi connectivity index (χ1n) is 6.61. The van der Waals surface area contributed by atoms with Gasteiger partial charge in [0.25, 0.3) is 0 Å². The topological polar surface area (TPSA) is 58.6 Å². The molecule has 0 saturated carbocycles. The van der Waals surface area contributed by atoms with Gasteiger partial charge in [0.2, 0.25) is 0 Å². The average molecular weight is 256 g/mol. The summed E-state index contributed by atoms with van der Waals surface area (Å²) < 4.78 is 10.1. The molecule has 2 saturated heterocycles. The standard InChI is InChI=1S/C12H20N2O4/c15-11(13-5-6-13)17-9-3-1-2-4-10-18-12(16)14-7-8-14/h1-10H2. The van der Waals surface area contributed by atoms with E-state index in [-0.39, 0.29) is 12.2 Å². The molecule has 18 heavy (non-hydrogen) atoms. The van der Waals surface area contributed by atoms with Gasteiger partial charge >= 0.3 is 12.2 Å². The van der Waals surface area contributed by atoms with E-state index >= 15 is 0 Å². The minimum Gasteiger partial charge on any atom is -0.449 e. The zero-order valence-electron chi connectivity index (χ0n) is 10.6. The minimum atomic E-state index is -0.192. The number of hydrogen-bond donors (Lipinski definition) is 0. The Morgan fingerprint density at radius 3 is 1.44 bits per heavy atom. The van der Waals surface area contributed by atoms with Crippen LogP contribution in [0, 0.1) is 0 Å². The first-order valence-corrected chi connectivity index (χ1v) is 6.61. The van der Waals surface area contributed by atoms with Crippen molar-refractivity contribution in [2.75, 3.05) is 39.4 Å². The molecule has 0 radical (unpaired) electrons. The fraction of sp³-hybridized carbons (Fsp3) is 0.833. The lowest BCUT2D eigenvalue weighted by atomic mass is 10.2. The number of carbonyl (C=O) groups excluding carboxylic acids is 2. The van der Waals surface area contributed by atoms with E-state index in [9.17, 15) is 9.59 Å². The molecule has 0 atom stereocenters. The molecule has 2 fully saturated rings. The first-order chi connectivity index (χ1) is 8.77. The van der Waals surface area contributed by atoms with Crippen LogP contribution in [0.4, 0.5) is 9.59 Å². The van der Waals surface area contributed by atoms with E-state index in [1.807, 2.05) is 0 Å². The normalized spacial score (nSPS) is 16.4. The van der Waals surface area contributed by atoms with Crippen LogP contribution in [0.1, 0.15) is 25.7 Å². The van der Waals surface area contributed by atoms with Crippen LogP contribution in [0.5, 0.6) is 0 Å². The Hall–Kier alpha value is -1.46. The summed E-state index contributed by atoms with van der Waals surface area (Å²) in [6, 6.07) is 0. The van der Waals surface area contributed by atoms with Crippen LogP contribution in [0.2, 0.25) is 0 Å². The summed E-state index contributed by atoms with van der Waals surface area (Å²) in [4.78, 5) is 25.6. The second-order valence-electron chi connectivity index (χ2n) is 4.62. The first kappa shape index (κ1) is 13.0. The van der Waals surface area contributed by atoms with Gasteiger partial charge < -0.3 is 19.3 Å². The van der Waals surface area contributed by atoms with Gasteiger partial charge in [-0.05, 0) is 25.7 Å². The van der Waals surface area contributed by atoms with Crippen molar-refractivity contribution in [1.82, 2.24) is 9.80 Å². The maximum Gasteiger partial charge on any atom is 0.409 e. The number of amides is 2. The highest BCUT2D eigenvalue weighted by atomic mass is 16.6. The lowest BCUT2D eigenvalue weighted by molar-refractivity contribution is 0.124. The summed E-state index contributed by atoms with van der Waals surface area (Å²) in [6.07, 6.45) is 3.35. The van der Waals surface area contributed by atoms with E-state index in [0.29, 0.717) is 13.2 Å². The van der Waals surface area contributed by atoms with Crippen molar-refractivity contribution in [3.05, 3.63) is 0 Å². The van der Waals surface area contributed by atoms with Gasteiger partial charge in [0.15, 0.2) is 0 Å². The van der Waals surface area contributed by atoms with E-state index in [1.54, 1.807) is 9.80 Å². The van der Waals surface area contributed by atoms with Crippen LogP contribution in [0.25, 0.3) is 0 Å². The number of unbranched alkanes of at least 4 members (excludes halogenated alkanes) is 3. The van der Waals surface area contributed by atoms with Crippen molar-refractivity contribution in [2.45, 2.75) is 25.7 Å². The molecule has 0 aromatic heterocycles. The third-order valence-electron chi connectivity index (χ3n) is 2.90. The average Bonchev–Trinajstić information content (AvgIpc) is 3.21. The Balaban J connectivity index is 1.32. The van der Waals surface area contributed by atoms with Gasteiger partial charge in [-0.25, -0.2) is 9.59 Å². The maximum atomic E-state index is 11.1. The SMILES string of the molecule is O=C(OCCCCCCOC(=O)N1CC1)N1CC1. The number of carbonyl (C=O) groups is 2. The van der Waals surface area contributed by atoms with E-state index < -0.39 is 0 Å². The highest BCUT2D eigenvalue weighted by Crippen LogP contribution is 2.08. The number of nitrogens with zero attached hydrogens (tertiary/aromatic N) is 2. The van der Waals surface area contributed by atoms with Crippen molar-refractivity contribution in [3.8, 4) is 0 Å². The van der Waals surface area contributed by atoms with Crippen LogP contribution in [0.15, 0.2) is 0 Å². The highest BCUT2D eigenvalue weighted by molar-refractivity contribution is 5.70. The zero-order valence-corrected chi connectivity index (χ0v) is 10.6. The van der Waals surface area contributed by atoms with Gasteiger partial charge in [-0.3, -0.25) is 0 Å². The highest BCUT2D eigenvalue weighted by Gasteiger charge is 2.25. The van der Waals surface area contributed by atoms with Crippen molar-refractivity contribution in [3.63, 3.8) is 0 Å². The molecular formula is C12H20N2O4. The molecule has 2 heterocycles. The molecule has 0 N–H and O–H groups in total. The molecule has 2 amide bonds. The van der Waals surface area contributed by atoms with Gasteiger partial charge in [-0.2, -0.15) is 0 Å². The van der Waals surface area contributed by atoms with Crippen LogP contribution >= 0.6 is 0 Å². The van der Waals surface area contributed by atoms with Gasteiger partial charge in [0.1, 0.15) is 0 Å². The number of hydrogen-bond acceptors (Lipinski definition) is 4. The summed E-state index contributed by atoms with van der Waals surface area (Å²) in [5, 5.41) is 0. The predicted octanol–water partition coefficient (Wildman–Crippen LogP) is 1.45. The van der Waals surface area contributed by atoms with Crippen molar-refractivity contribution in [2.24, 2.45) is 0 Å². The molecule has 102 valence electrons. The number of ether oxygens (including phenoxy) is 2. The lowest BCUT2D eigenvalue weighted by Crippen LogP contribution is -2.13. The monoisotopic (exact) mass is 256 g/mol. The molecule has 0 aromatic rings. The van der Waals surface area contributed by atoms with E-state index in [2.05, 4.69) is 0 Å². The Morgan fingerprint density at radius 1 is 0.722 bits per heavy atom. The molecule has 0 unspecified atom stereocenters. The Labute approximate surface area is 107 Å². The third-order valence-corrected chi connectivity index (χ3v) is 2.90. The zero-order chi connectivity index (χ0) is 12.8. The fourth-order valence-electron chi connectivity index (χ4n) is 1.52. The van der Waals surface area contributed by atoms with E-state index in [1.165, 1.54) is 0 Å². The van der Waals surface area contributed by atoms with Gasteiger partial charge in [-0.1, -0.05) is 0 Å². The largest absolute Gasteiger partial charge is 0.449 e. The molecule has 2 rings (SSSR count). The molecule has 6 nitrogen and oxygen atoms in total. The second-order valence-corrected chi connectivity index (χ2v) is 4.62. The van der Waals surface area contributed by atoms with Crippen molar-refractivity contribution in [1.29, 1.82) is 0 Å². The molecule has 0 aromatic carbocycles. The molecule has 0 bridgehead atoms. The third kappa shape index (κ3) is 4.81. The van der Waals surface area contributed by atoms with Crippen LogP contribution in [-0.2, 0) is 9.47 Å². The Morgan fingerprint density at radius 2 is 1.11 bits per heavy atom. The van der Waals surface area contributed by atoms with Crippen LogP contribution < -0.4 is 0 Å². The van der Waals surface area contributed by atoms with Crippen LogP contribution in [0.3, 0.4) is 0 Å². The molecule has 0 aliphatic carbocycles. The molecule has 6 heteroatoms. The summed E-state index contributed by atoms with van der Waals surface area (Å²) in [6.45, 7) is 4.32. The maximum absolute atomic E-state index is 11.1. The Kier molecular flexibility index (Phi) is 4.66. The predicted molar refractivity (Wildman–Crippen MR) is 64.3 cm³/mol. The summed E-state index contributed by atoms with van der Waals surface area (Å²) in [7, 11) is 0. The Bertz CT molecular complexity index is 270. The van der Waals surface area contributed by atoms with Crippen molar-refractivity contribution < 1.29 is 19.1 Å². The van der Waals surface area contributed by atoms with E-state index in [0.717, 1.165) is 51.9 Å². The quantitative estimate of drug-likeness (QED) is 0.511. The fourth-order valence-corrected chi connectivity index (χ4v) is 1.52. The molecule has 0 spiro atoms. The summed E-state index contributed by atoms with van der Waals surface area (Å²) in [5.41, 5.74) is 0. The minimum absolute atomic E-state index is 0.192. The van der Waals surface area contributed by atoms with Gasteiger partial charge in [0, 0.05) is 26.2 Å². The lowest BCUT2D eigenvalue weighted by Gasteiger charge is -2.06. The molecular weight excluding hydrogens is 236 g/mol. The molecule has 2 aliphatic rings. The summed E-state index contributed by atoms with van der Waals surface area (Å²) >= 11 is 0. The van der Waals surface area contributed by atoms with Crippen LogP contribution in [-0.4, -0.2) is 61.4 Å². The second kappa shape index (κ2) is 6.47. The smallest absolute Gasteiger partial charge is 0.409 e. The summed E-state index contributed by atoms with van der Waals surface area (Å²) in [5.74, 6) is 0.